The Labute approximate surface area is 143 Å². The van der Waals surface area contributed by atoms with Crippen LogP contribution in [0.25, 0.3) is 11.3 Å². The highest BCUT2D eigenvalue weighted by atomic mass is 32.1. The predicted octanol–water partition coefficient (Wildman–Crippen LogP) is 3.23. The number of halogens is 1. The van der Waals surface area contributed by atoms with Gasteiger partial charge in [-0.3, -0.25) is 9.89 Å². The number of H-pyrrole nitrogens is 1. The van der Waals surface area contributed by atoms with Crippen molar-refractivity contribution in [3.05, 3.63) is 57.9 Å². The number of rotatable bonds is 6. The molecule has 3 aromatic rings. The molecule has 0 aliphatic heterocycles. The topological polar surface area (TPSA) is 70.7 Å². The van der Waals surface area contributed by atoms with Gasteiger partial charge in [0.05, 0.1) is 23.1 Å². The van der Waals surface area contributed by atoms with E-state index >= 15 is 0 Å². The smallest absolute Gasteiger partial charge is 0.220 e. The molecule has 2 aromatic heterocycles. The summed E-state index contributed by atoms with van der Waals surface area (Å²) in [4.78, 5) is 17.3. The van der Waals surface area contributed by atoms with E-state index in [4.69, 9.17) is 0 Å². The Balaban J connectivity index is 1.57. The lowest BCUT2D eigenvalue weighted by Gasteiger charge is -2.06. The highest BCUT2D eigenvalue weighted by molar-refractivity contribution is 7.09. The lowest BCUT2D eigenvalue weighted by molar-refractivity contribution is -0.121. The minimum Gasteiger partial charge on any atom is -0.352 e. The number of carbonyl (C=O) groups excluding carboxylic acids is 1. The average molecular weight is 344 g/mol. The second-order valence-corrected chi connectivity index (χ2v) is 6.35. The third-order valence-electron chi connectivity index (χ3n) is 3.75. The summed E-state index contributed by atoms with van der Waals surface area (Å²) in [5.74, 6) is -0.305. The van der Waals surface area contributed by atoms with Crippen molar-refractivity contribution in [2.24, 2.45) is 0 Å². The minimum absolute atomic E-state index is 0.0194. The van der Waals surface area contributed by atoms with E-state index in [0.29, 0.717) is 19.4 Å². The number of hydrogen-bond donors (Lipinski definition) is 2. The van der Waals surface area contributed by atoms with Crippen LogP contribution in [0.5, 0.6) is 0 Å². The van der Waals surface area contributed by atoms with Gasteiger partial charge in [-0.05, 0) is 37.6 Å². The summed E-state index contributed by atoms with van der Waals surface area (Å²) in [6.07, 6.45) is 2.79. The van der Waals surface area contributed by atoms with Crippen LogP contribution in [-0.2, 0) is 17.8 Å². The van der Waals surface area contributed by atoms with Crippen LogP contribution in [0.1, 0.15) is 22.6 Å². The van der Waals surface area contributed by atoms with Gasteiger partial charge in [0.15, 0.2) is 0 Å². The summed E-state index contributed by atoms with van der Waals surface area (Å²) in [6.45, 7) is 2.33. The maximum atomic E-state index is 13.0. The molecule has 0 unspecified atom stereocenters. The number of nitrogens with zero attached hydrogens (tertiary/aromatic N) is 2. The first-order valence-electron chi connectivity index (χ1n) is 7.57. The number of aryl methyl sites for hydroxylation is 2. The van der Waals surface area contributed by atoms with Crippen molar-refractivity contribution in [1.82, 2.24) is 20.5 Å². The molecule has 0 aliphatic carbocycles. The van der Waals surface area contributed by atoms with Crippen molar-refractivity contribution in [2.45, 2.75) is 26.3 Å². The number of aromatic amines is 1. The van der Waals surface area contributed by atoms with E-state index in [1.807, 2.05) is 6.92 Å². The van der Waals surface area contributed by atoms with E-state index in [1.165, 1.54) is 12.1 Å². The number of amides is 1. The van der Waals surface area contributed by atoms with Gasteiger partial charge in [-0.2, -0.15) is 5.10 Å². The number of nitrogens with one attached hydrogen (secondary N) is 2. The summed E-state index contributed by atoms with van der Waals surface area (Å²) >= 11 is 1.57. The van der Waals surface area contributed by atoms with Crippen molar-refractivity contribution < 1.29 is 9.18 Å². The molecule has 7 heteroatoms. The van der Waals surface area contributed by atoms with E-state index in [-0.39, 0.29) is 11.7 Å². The minimum atomic E-state index is -0.286. The Bertz CT molecular complexity index is 825. The van der Waals surface area contributed by atoms with Crippen molar-refractivity contribution in [2.75, 3.05) is 0 Å². The van der Waals surface area contributed by atoms with E-state index < -0.39 is 0 Å². The molecule has 1 amide bonds. The van der Waals surface area contributed by atoms with E-state index in [9.17, 15) is 9.18 Å². The molecule has 5 nitrogen and oxygen atoms in total. The van der Waals surface area contributed by atoms with Gasteiger partial charge < -0.3 is 5.32 Å². The highest BCUT2D eigenvalue weighted by Crippen LogP contribution is 2.21. The van der Waals surface area contributed by atoms with Crippen molar-refractivity contribution in [3.8, 4) is 11.3 Å². The molecular formula is C17H17FN4OS. The zero-order chi connectivity index (χ0) is 16.9. The van der Waals surface area contributed by atoms with Crippen LogP contribution >= 0.6 is 11.3 Å². The molecule has 2 heterocycles. The summed E-state index contributed by atoms with van der Waals surface area (Å²) in [5.41, 5.74) is 5.26. The molecule has 24 heavy (non-hydrogen) atoms. The molecule has 0 atom stereocenters. The molecule has 0 radical (unpaired) electrons. The summed E-state index contributed by atoms with van der Waals surface area (Å²) < 4.78 is 13.0. The first-order chi connectivity index (χ1) is 11.6. The maximum absolute atomic E-state index is 13.0. The number of benzene rings is 1. The van der Waals surface area contributed by atoms with Crippen LogP contribution in [0.4, 0.5) is 4.39 Å². The summed E-state index contributed by atoms with van der Waals surface area (Å²) in [7, 11) is 0. The molecule has 0 aliphatic rings. The van der Waals surface area contributed by atoms with Gasteiger partial charge in [0.25, 0.3) is 0 Å². The zero-order valence-corrected chi connectivity index (χ0v) is 14.0. The van der Waals surface area contributed by atoms with Crippen LogP contribution < -0.4 is 5.32 Å². The summed E-state index contributed by atoms with van der Waals surface area (Å²) in [5, 5.41) is 9.82. The van der Waals surface area contributed by atoms with Crippen LogP contribution in [-0.4, -0.2) is 21.1 Å². The lowest BCUT2D eigenvalue weighted by Crippen LogP contribution is -2.23. The van der Waals surface area contributed by atoms with Gasteiger partial charge in [0.1, 0.15) is 5.82 Å². The molecular weight excluding hydrogens is 327 g/mol. The molecule has 0 bridgehead atoms. The van der Waals surface area contributed by atoms with Crippen LogP contribution in [0.2, 0.25) is 0 Å². The molecule has 3 rings (SSSR count). The molecule has 0 saturated heterocycles. The second-order valence-electron chi connectivity index (χ2n) is 5.41. The third kappa shape index (κ3) is 3.86. The first kappa shape index (κ1) is 16.3. The maximum Gasteiger partial charge on any atom is 0.220 e. The van der Waals surface area contributed by atoms with Crippen LogP contribution in [0.3, 0.4) is 0 Å². The fourth-order valence-electron chi connectivity index (χ4n) is 2.39. The Hall–Kier alpha value is -2.54. The highest BCUT2D eigenvalue weighted by Gasteiger charge is 2.10. The number of aromatic nitrogens is 3. The van der Waals surface area contributed by atoms with E-state index in [0.717, 1.165) is 27.4 Å². The number of carbonyl (C=O) groups is 1. The summed E-state index contributed by atoms with van der Waals surface area (Å²) in [6, 6.07) is 6.16. The van der Waals surface area contributed by atoms with Crippen LogP contribution in [0, 0.1) is 12.7 Å². The molecule has 0 fully saturated rings. The van der Waals surface area contributed by atoms with Gasteiger partial charge in [-0.15, -0.1) is 11.3 Å². The molecule has 0 saturated carbocycles. The Morgan fingerprint density at radius 3 is 2.83 bits per heavy atom. The van der Waals surface area contributed by atoms with Gasteiger partial charge in [-0.1, -0.05) is 0 Å². The molecule has 0 spiro atoms. The Kier molecular flexibility index (Phi) is 5.00. The van der Waals surface area contributed by atoms with Gasteiger partial charge >= 0.3 is 0 Å². The van der Waals surface area contributed by atoms with Gasteiger partial charge in [0, 0.05) is 29.0 Å². The van der Waals surface area contributed by atoms with Crippen molar-refractivity contribution in [3.63, 3.8) is 0 Å². The normalized spacial score (nSPS) is 10.8. The fourth-order valence-corrected chi connectivity index (χ4v) is 3.17. The third-order valence-corrected chi connectivity index (χ3v) is 4.75. The monoisotopic (exact) mass is 344 g/mol. The Morgan fingerprint density at radius 1 is 1.33 bits per heavy atom. The molecule has 2 N–H and O–H groups in total. The lowest BCUT2D eigenvalue weighted by atomic mass is 10.1. The number of thiazole rings is 1. The first-order valence-corrected chi connectivity index (χ1v) is 8.45. The molecule has 1 aromatic carbocycles. The average Bonchev–Trinajstić information content (AvgIpc) is 3.20. The van der Waals surface area contributed by atoms with E-state index in [1.54, 1.807) is 35.2 Å². The standard InChI is InChI=1S/C17H17FN4OS/c1-11-15(24-10-20-11)6-7-16(23)19-8-13-9-21-22-17(13)12-2-4-14(18)5-3-12/h2-5,9-10H,6-8H2,1H3,(H,19,23)(H,21,22). The molecule has 124 valence electrons. The van der Waals surface area contributed by atoms with Gasteiger partial charge in [-0.25, -0.2) is 9.37 Å². The Morgan fingerprint density at radius 2 is 2.12 bits per heavy atom. The quantitative estimate of drug-likeness (QED) is 0.721. The number of hydrogen-bond acceptors (Lipinski definition) is 4. The van der Waals surface area contributed by atoms with E-state index in [2.05, 4.69) is 20.5 Å². The van der Waals surface area contributed by atoms with Crippen molar-refractivity contribution >= 4 is 17.2 Å². The fraction of sp³-hybridized carbons (Fsp3) is 0.235. The van der Waals surface area contributed by atoms with Crippen LogP contribution in [0.15, 0.2) is 36.0 Å². The largest absolute Gasteiger partial charge is 0.352 e. The SMILES string of the molecule is Cc1ncsc1CCC(=O)NCc1cn[nH]c1-c1ccc(F)cc1. The van der Waals surface area contributed by atoms with Gasteiger partial charge in [0.2, 0.25) is 5.91 Å². The van der Waals surface area contributed by atoms with Crippen molar-refractivity contribution in [1.29, 1.82) is 0 Å². The predicted molar refractivity (Wildman–Crippen MR) is 91.0 cm³/mol. The second kappa shape index (κ2) is 7.35. The zero-order valence-electron chi connectivity index (χ0n) is 13.2.